The molecular weight excluding hydrogens is 712 g/mol. The van der Waals surface area contributed by atoms with E-state index in [1.54, 1.807) is 72.8 Å². The lowest BCUT2D eigenvalue weighted by atomic mass is 9.93. The fourth-order valence-corrected chi connectivity index (χ4v) is 5.51. The van der Waals surface area contributed by atoms with Gasteiger partial charge in [0, 0.05) is 18.1 Å². The van der Waals surface area contributed by atoms with Gasteiger partial charge < -0.3 is 28.4 Å². The summed E-state index contributed by atoms with van der Waals surface area (Å²) in [5, 5.41) is 0. The molecule has 0 aromatic heterocycles. The Balaban J connectivity index is 1.14. The molecule has 4 aromatic rings. The highest BCUT2D eigenvalue weighted by Crippen LogP contribution is 2.28. The normalized spacial score (nSPS) is 10.6. The van der Waals surface area contributed by atoms with Crippen LogP contribution in [-0.2, 0) is 19.1 Å². The molecule has 10 heteroatoms. The van der Waals surface area contributed by atoms with Crippen molar-refractivity contribution in [3.8, 4) is 23.0 Å². The van der Waals surface area contributed by atoms with Crippen LogP contribution in [0.25, 0.3) is 0 Å². The van der Waals surface area contributed by atoms with Crippen molar-refractivity contribution in [3.05, 3.63) is 145 Å². The van der Waals surface area contributed by atoms with Crippen LogP contribution in [-0.4, -0.2) is 50.3 Å². The first-order valence-electron chi connectivity index (χ1n) is 18.9. The molecule has 0 aliphatic carbocycles. The largest absolute Gasteiger partial charge is 0.494 e. The van der Waals surface area contributed by atoms with Gasteiger partial charge in [0.05, 0.1) is 37.6 Å². The molecule has 0 amide bonds. The zero-order valence-electron chi connectivity index (χ0n) is 32.0. The van der Waals surface area contributed by atoms with E-state index < -0.39 is 23.9 Å². The number of ether oxygens (including phenoxy) is 6. The van der Waals surface area contributed by atoms with Gasteiger partial charge in [-0.1, -0.05) is 44.3 Å². The fourth-order valence-electron chi connectivity index (χ4n) is 5.51. The summed E-state index contributed by atoms with van der Waals surface area (Å²) in [6.07, 6.45) is 9.43. The molecule has 0 aliphatic rings. The molecule has 56 heavy (non-hydrogen) atoms. The number of esters is 4. The Kier molecular flexibility index (Phi) is 17.9. The highest BCUT2D eigenvalue weighted by molar-refractivity contribution is 5.91. The summed E-state index contributed by atoms with van der Waals surface area (Å²) >= 11 is 0. The predicted molar refractivity (Wildman–Crippen MR) is 213 cm³/mol. The van der Waals surface area contributed by atoms with E-state index >= 15 is 0 Å². The summed E-state index contributed by atoms with van der Waals surface area (Å²) in [4.78, 5) is 47.6. The average molecular weight is 763 g/mol. The Morgan fingerprint density at radius 3 is 1.12 bits per heavy atom. The highest BCUT2D eigenvalue weighted by Gasteiger charge is 2.14. The number of rotatable bonds is 24. The highest BCUT2D eigenvalue weighted by atomic mass is 16.5. The lowest BCUT2D eigenvalue weighted by molar-refractivity contribution is -0.138. The molecule has 0 bridgehead atoms. The first kappa shape index (κ1) is 42.6. The number of hydrogen-bond donors (Lipinski definition) is 0. The van der Waals surface area contributed by atoms with Gasteiger partial charge in [-0.3, -0.25) is 0 Å². The lowest BCUT2D eigenvalue weighted by Crippen LogP contribution is -2.09. The Morgan fingerprint density at radius 2 is 0.786 bits per heavy atom. The van der Waals surface area contributed by atoms with E-state index in [1.807, 2.05) is 24.3 Å². The monoisotopic (exact) mass is 762 g/mol. The van der Waals surface area contributed by atoms with Gasteiger partial charge in [-0.05, 0) is 135 Å². The maximum absolute atomic E-state index is 12.8. The third-order valence-electron chi connectivity index (χ3n) is 8.80. The molecule has 0 saturated heterocycles. The van der Waals surface area contributed by atoms with E-state index in [0.717, 1.165) is 74.6 Å². The van der Waals surface area contributed by atoms with Crippen LogP contribution in [0.4, 0.5) is 0 Å². The van der Waals surface area contributed by atoms with Crippen molar-refractivity contribution in [1.29, 1.82) is 0 Å². The molecule has 0 heterocycles. The quantitative estimate of drug-likeness (QED) is 0.0295. The van der Waals surface area contributed by atoms with Crippen LogP contribution >= 0.6 is 0 Å². The van der Waals surface area contributed by atoms with Crippen molar-refractivity contribution < 1.29 is 47.6 Å². The van der Waals surface area contributed by atoms with Crippen LogP contribution in [0, 0.1) is 0 Å². The number of benzene rings is 4. The number of unbranched alkanes of at least 4 members (excludes halogenated alkanes) is 6. The number of carbonyl (C=O) groups is 4. The Morgan fingerprint density at radius 1 is 0.464 bits per heavy atom. The molecule has 0 unspecified atom stereocenters. The zero-order chi connectivity index (χ0) is 40.0. The molecule has 4 aromatic carbocycles. The van der Waals surface area contributed by atoms with Gasteiger partial charge in [0.15, 0.2) is 0 Å². The number of carbonyl (C=O) groups excluding carboxylic acids is 4. The zero-order valence-corrected chi connectivity index (χ0v) is 32.0. The van der Waals surface area contributed by atoms with E-state index in [1.165, 1.54) is 0 Å². The van der Waals surface area contributed by atoms with Gasteiger partial charge >= 0.3 is 23.9 Å². The third-order valence-corrected chi connectivity index (χ3v) is 8.80. The first-order chi connectivity index (χ1) is 27.2. The second kappa shape index (κ2) is 23.6. The van der Waals surface area contributed by atoms with Crippen molar-refractivity contribution in [2.75, 3.05) is 26.4 Å². The minimum absolute atomic E-state index is 0.0358. The molecule has 0 atom stereocenters. The minimum Gasteiger partial charge on any atom is -0.494 e. The van der Waals surface area contributed by atoms with Crippen LogP contribution < -0.4 is 18.9 Å². The molecule has 4 rings (SSSR count). The topological polar surface area (TPSA) is 124 Å². The van der Waals surface area contributed by atoms with E-state index in [-0.39, 0.29) is 5.92 Å². The maximum Gasteiger partial charge on any atom is 0.343 e. The smallest absolute Gasteiger partial charge is 0.343 e. The van der Waals surface area contributed by atoms with Gasteiger partial charge in [0.2, 0.25) is 0 Å². The van der Waals surface area contributed by atoms with Gasteiger partial charge in [-0.2, -0.15) is 0 Å². The van der Waals surface area contributed by atoms with Crippen molar-refractivity contribution in [2.24, 2.45) is 0 Å². The van der Waals surface area contributed by atoms with Gasteiger partial charge in [-0.25, -0.2) is 19.2 Å². The molecule has 0 saturated carbocycles. The summed E-state index contributed by atoms with van der Waals surface area (Å²) in [6.45, 7) is 10.7. The van der Waals surface area contributed by atoms with Crippen molar-refractivity contribution in [2.45, 2.75) is 64.2 Å². The molecule has 0 spiro atoms. The Bertz CT molecular complexity index is 1710. The molecule has 294 valence electrons. The Labute approximate surface area is 329 Å². The Hall–Kier alpha value is -6.16. The van der Waals surface area contributed by atoms with Crippen LogP contribution in [0.1, 0.15) is 96.1 Å². The van der Waals surface area contributed by atoms with Crippen LogP contribution in [0.2, 0.25) is 0 Å². The second-order valence-corrected chi connectivity index (χ2v) is 13.0. The van der Waals surface area contributed by atoms with Gasteiger partial charge in [-0.15, -0.1) is 0 Å². The predicted octanol–water partition coefficient (Wildman–Crippen LogP) is 9.61. The summed E-state index contributed by atoms with van der Waals surface area (Å²) in [6, 6.07) is 28.5. The molecule has 0 N–H and O–H groups in total. The molecule has 10 nitrogen and oxygen atoms in total. The first-order valence-corrected chi connectivity index (χ1v) is 18.9. The summed E-state index contributed by atoms with van der Waals surface area (Å²) in [7, 11) is 0. The number of hydrogen-bond acceptors (Lipinski definition) is 10. The SMILES string of the molecule is C=CC(=O)OCCCCCCOc1ccc(C(=O)Oc2ccc(C(C)c3ccc(OC(=O)c4ccc(OCCCCCCOC(=O)C=C)cc4)cc3)cc2)cc1. The van der Waals surface area contributed by atoms with Crippen LogP contribution in [0.15, 0.2) is 122 Å². The molecule has 0 aliphatic heterocycles. The second-order valence-electron chi connectivity index (χ2n) is 13.0. The van der Waals surface area contributed by atoms with Crippen molar-refractivity contribution in [3.63, 3.8) is 0 Å². The van der Waals surface area contributed by atoms with Crippen LogP contribution in [0.5, 0.6) is 23.0 Å². The van der Waals surface area contributed by atoms with Gasteiger partial charge in [0.1, 0.15) is 23.0 Å². The van der Waals surface area contributed by atoms with Crippen LogP contribution in [0.3, 0.4) is 0 Å². The van der Waals surface area contributed by atoms with E-state index in [2.05, 4.69) is 20.1 Å². The van der Waals surface area contributed by atoms with Gasteiger partial charge in [0.25, 0.3) is 0 Å². The summed E-state index contributed by atoms with van der Waals surface area (Å²) < 4.78 is 32.7. The average Bonchev–Trinajstić information content (AvgIpc) is 3.23. The molecule has 0 radical (unpaired) electrons. The van der Waals surface area contributed by atoms with Crippen molar-refractivity contribution in [1.82, 2.24) is 0 Å². The van der Waals surface area contributed by atoms with E-state index in [4.69, 9.17) is 28.4 Å². The lowest BCUT2D eigenvalue weighted by Gasteiger charge is -2.14. The molecular formula is C46H50O10. The standard InChI is InChI=1S/C46H50O10/c1-4-43(47)53-32-12-8-6-10-30-51-39-22-18-37(19-23-39)45(49)55-41-26-14-35(15-27-41)34(3)36-16-28-42(29-17-36)56-46(50)38-20-24-40(25-21-38)52-31-11-7-9-13-33-54-44(48)5-2/h4-5,14-29,34H,1-2,6-13,30-33H2,3H3. The summed E-state index contributed by atoms with van der Waals surface area (Å²) in [5.41, 5.74) is 2.89. The molecule has 0 fully saturated rings. The minimum atomic E-state index is -0.464. The van der Waals surface area contributed by atoms with E-state index in [0.29, 0.717) is 60.6 Å². The fraction of sp³-hybridized carbons (Fsp3) is 0.304. The van der Waals surface area contributed by atoms with E-state index in [9.17, 15) is 19.2 Å². The maximum atomic E-state index is 12.8. The summed E-state index contributed by atoms with van der Waals surface area (Å²) in [5.74, 6) is 0.521. The third kappa shape index (κ3) is 14.9. The van der Waals surface area contributed by atoms with Crippen molar-refractivity contribution >= 4 is 23.9 Å².